The van der Waals surface area contributed by atoms with Gasteiger partial charge in [-0.25, -0.2) is 4.98 Å². The number of aryl methyl sites for hydroxylation is 2. The molecule has 0 aliphatic rings. The molecule has 2 heterocycles. The molecule has 4 nitrogen and oxygen atoms in total. The number of oxazole rings is 1. The Morgan fingerprint density at radius 3 is 2.94 bits per heavy atom. The van der Waals surface area contributed by atoms with Crippen molar-refractivity contribution in [2.45, 2.75) is 26.8 Å². The Balaban J connectivity index is 1.84. The predicted octanol–water partition coefficient (Wildman–Crippen LogP) is 2.21. The van der Waals surface area contributed by atoms with Gasteiger partial charge in [0.1, 0.15) is 5.76 Å². The number of thiophene rings is 1. The van der Waals surface area contributed by atoms with E-state index in [0.717, 1.165) is 16.3 Å². The fourth-order valence-corrected chi connectivity index (χ4v) is 2.13. The molecule has 0 aliphatic heterocycles. The maximum Gasteiger partial charge on any atom is 0.225 e. The molecule has 0 spiro atoms. The van der Waals surface area contributed by atoms with Crippen LogP contribution in [0.15, 0.2) is 21.9 Å². The lowest BCUT2D eigenvalue weighted by atomic mass is 10.3. The average Bonchev–Trinajstić information content (AvgIpc) is 2.87. The van der Waals surface area contributed by atoms with E-state index in [9.17, 15) is 4.79 Å². The van der Waals surface area contributed by atoms with Crippen molar-refractivity contribution in [3.8, 4) is 0 Å². The molecule has 0 atom stereocenters. The van der Waals surface area contributed by atoms with Gasteiger partial charge in [-0.3, -0.25) is 4.79 Å². The van der Waals surface area contributed by atoms with Gasteiger partial charge in [-0.1, -0.05) is 6.07 Å². The molecule has 1 amide bonds. The summed E-state index contributed by atoms with van der Waals surface area (Å²) in [5.74, 6) is 1.34. The van der Waals surface area contributed by atoms with E-state index in [1.807, 2.05) is 31.4 Å². The van der Waals surface area contributed by atoms with Crippen molar-refractivity contribution in [2.75, 3.05) is 0 Å². The van der Waals surface area contributed by atoms with Crippen LogP contribution in [-0.4, -0.2) is 10.9 Å². The zero-order valence-electron chi connectivity index (χ0n) is 9.82. The third kappa shape index (κ3) is 3.17. The van der Waals surface area contributed by atoms with Crippen LogP contribution in [0.2, 0.25) is 0 Å². The van der Waals surface area contributed by atoms with Gasteiger partial charge < -0.3 is 9.73 Å². The summed E-state index contributed by atoms with van der Waals surface area (Å²) in [6.45, 7) is 4.09. The first kappa shape index (κ1) is 11.9. The zero-order chi connectivity index (χ0) is 12.3. The molecule has 2 aromatic heterocycles. The fraction of sp³-hybridized carbons (Fsp3) is 0.333. The van der Waals surface area contributed by atoms with Crippen molar-refractivity contribution in [3.63, 3.8) is 0 Å². The number of hydrogen-bond acceptors (Lipinski definition) is 4. The van der Waals surface area contributed by atoms with E-state index in [0.29, 0.717) is 18.9 Å². The Bertz CT molecular complexity index is 483. The average molecular weight is 250 g/mol. The highest BCUT2D eigenvalue weighted by atomic mass is 32.1. The summed E-state index contributed by atoms with van der Waals surface area (Å²) in [4.78, 5) is 16.9. The number of carbonyl (C=O) groups excluding carboxylic acids is 1. The van der Waals surface area contributed by atoms with Gasteiger partial charge in [0.2, 0.25) is 11.8 Å². The number of amides is 1. The molecule has 5 heteroatoms. The van der Waals surface area contributed by atoms with Crippen LogP contribution >= 0.6 is 11.3 Å². The molecule has 0 saturated heterocycles. The van der Waals surface area contributed by atoms with Crippen molar-refractivity contribution in [1.29, 1.82) is 0 Å². The highest BCUT2D eigenvalue weighted by molar-refractivity contribution is 7.10. The number of aromatic nitrogens is 1. The number of carbonyl (C=O) groups is 1. The number of rotatable bonds is 4. The molecule has 0 fully saturated rings. The van der Waals surface area contributed by atoms with Crippen molar-refractivity contribution < 1.29 is 9.21 Å². The topological polar surface area (TPSA) is 55.1 Å². The van der Waals surface area contributed by atoms with E-state index in [4.69, 9.17) is 4.42 Å². The van der Waals surface area contributed by atoms with Crippen molar-refractivity contribution >= 4 is 17.2 Å². The van der Waals surface area contributed by atoms with Crippen LogP contribution in [0, 0.1) is 13.8 Å². The second-order valence-electron chi connectivity index (χ2n) is 3.78. The highest BCUT2D eigenvalue weighted by Crippen LogP contribution is 2.10. The summed E-state index contributed by atoms with van der Waals surface area (Å²) in [7, 11) is 0. The number of hydrogen-bond donors (Lipinski definition) is 1. The molecule has 2 aromatic rings. The molecule has 0 aliphatic carbocycles. The summed E-state index contributed by atoms with van der Waals surface area (Å²) in [6, 6.07) is 3.89. The molecule has 2 rings (SSSR count). The summed E-state index contributed by atoms with van der Waals surface area (Å²) in [5.41, 5.74) is 0.868. The number of nitrogens with one attached hydrogen (secondary N) is 1. The minimum atomic E-state index is -0.0130. The minimum Gasteiger partial charge on any atom is -0.444 e. The molecular weight excluding hydrogens is 236 g/mol. The van der Waals surface area contributed by atoms with Crippen LogP contribution in [0.3, 0.4) is 0 Å². The maximum atomic E-state index is 11.6. The lowest BCUT2D eigenvalue weighted by molar-refractivity contribution is -0.120. The summed E-state index contributed by atoms with van der Waals surface area (Å²) >= 11 is 1.58. The Morgan fingerprint density at radius 1 is 1.53 bits per heavy atom. The van der Waals surface area contributed by atoms with Crippen LogP contribution in [0.25, 0.3) is 0 Å². The Morgan fingerprint density at radius 2 is 2.35 bits per heavy atom. The third-order valence-corrected chi connectivity index (χ3v) is 3.30. The van der Waals surface area contributed by atoms with Crippen LogP contribution < -0.4 is 5.32 Å². The van der Waals surface area contributed by atoms with E-state index in [-0.39, 0.29) is 5.91 Å². The van der Waals surface area contributed by atoms with Crippen LogP contribution in [0.5, 0.6) is 0 Å². The fourth-order valence-electron chi connectivity index (χ4n) is 1.42. The van der Waals surface area contributed by atoms with Gasteiger partial charge in [-0.2, -0.15) is 0 Å². The van der Waals surface area contributed by atoms with Crippen molar-refractivity contribution in [1.82, 2.24) is 10.3 Å². The molecule has 0 unspecified atom stereocenters. The molecule has 0 radical (unpaired) electrons. The predicted molar refractivity (Wildman–Crippen MR) is 65.8 cm³/mol. The van der Waals surface area contributed by atoms with Gasteiger partial charge in [0.05, 0.1) is 18.7 Å². The number of nitrogens with zero attached hydrogens (tertiary/aromatic N) is 1. The van der Waals surface area contributed by atoms with Gasteiger partial charge in [-0.15, -0.1) is 11.3 Å². The highest BCUT2D eigenvalue weighted by Gasteiger charge is 2.08. The first-order valence-electron chi connectivity index (χ1n) is 5.37. The molecule has 90 valence electrons. The smallest absolute Gasteiger partial charge is 0.225 e. The zero-order valence-corrected chi connectivity index (χ0v) is 10.6. The van der Waals surface area contributed by atoms with Crippen LogP contribution in [0.4, 0.5) is 0 Å². The molecule has 17 heavy (non-hydrogen) atoms. The minimum absolute atomic E-state index is 0.0130. The van der Waals surface area contributed by atoms with Crippen molar-refractivity contribution in [3.05, 3.63) is 39.7 Å². The Hall–Kier alpha value is -1.62. The molecule has 0 aromatic carbocycles. The maximum absolute atomic E-state index is 11.6. The summed E-state index contributed by atoms with van der Waals surface area (Å²) in [6.07, 6.45) is 0.413. The van der Waals surface area contributed by atoms with E-state index in [1.54, 1.807) is 11.3 Å². The van der Waals surface area contributed by atoms with E-state index in [2.05, 4.69) is 10.3 Å². The van der Waals surface area contributed by atoms with Crippen LogP contribution in [-0.2, 0) is 17.8 Å². The molecule has 0 saturated carbocycles. The molecule has 1 N–H and O–H groups in total. The molecule has 0 bridgehead atoms. The third-order valence-electron chi connectivity index (χ3n) is 2.42. The first-order valence-corrected chi connectivity index (χ1v) is 6.25. The Kier molecular flexibility index (Phi) is 3.58. The van der Waals surface area contributed by atoms with Gasteiger partial charge in [0.25, 0.3) is 0 Å². The SMILES string of the molecule is Cc1nc(CNC(=O)Cc2cccs2)oc1C. The van der Waals surface area contributed by atoms with Crippen LogP contribution in [0.1, 0.15) is 22.2 Å². The van der Waals surface area contributed by atoms with E-state index < -0.39 is 0 Å². The standard InChI is InChI=1S/C12H14N2O2S/c1-8-9(2)16-12(14-8)7-13-11(15)6-10-4-3-5-17-10/h3-5H,6-7H2,1-2H3,(H,13,15). The van der Waals surface area contributed by atoms with E-state index in [1.165, 1.54) is 0 Å². The van der Waals surface area contributed by atoms with Gasteiger partial charge in [0.15, 0.2) is 0 Å². The van der Waals surface area contributed by atoms with Gasteiger partial charge >= 0.3 is 0 Å². The monoisotopic (exact) mass is 250 g/mol. The van der Waals surface area contributed by atoms with Crippen molar-refractivity contribution in [2.24, 2.45) is 0 Å². The normalized spacial score (nSPS) is 10.5. The second kappa shape index (κ2) is 5.14. The Labute approximate surface area is 104 Å². The van der Waals surface area contributed by atoms with Gasteiger partial charge in [-0.05, 0) is 25.3 Å². The van der Waals surface area contributed by atoms with E-state index >= 15 is 0 Å². The first-order chi connectivity index (χ1) is 8.15. The second-order valence-corrected chi connectivity index (χ2v) is 4.81. The summed E-state index contributed by atoms with van der Waals surface area (Å²) in [5, 5.41) is 4.75. The lowest BCUT2D eigenvalue weighted by Crippen LogP contribution is -2.24. The van der Waals surface area contributed by atoms with Gasteiger partial charge in [0, 0.05) is 4.88 Å². The molecular formula is C12H14N2O2S. The quantitative estimate of drug-likeness (QED) is 0.905. The summed E-state index contributed by atoms with van der Waals surface area (Å²) < 4.78 is 5.38. The lowest BCUT2D eigenvalue weighted by Gasteiger charge is -2.00. The largest absolute Gasteiger partial charge is 0.444 e.